The third-order valence-electron chi connectivity index (χ3n) is 2.04. The van der Waals surface area contributed by atoms with Crippen LogP contribution in [0.25, 0.3) is 0 Å². The fraction of sp³-hybridized carbons (Fsp3) is 1.00. The Morgan fingerprint density at radius 2 is 2.20 bits per heavy atom. The zero-order valence-corrected chi connectivity index (χ0v) is 9.68. The Hall–Kier alpha value is -0.210. The highest BCUT2D eigenvalue weighted by atomic mass is 32.2. The maximum absolute atomic E-state index is 11.4. The number of sulfonamides is 1. The number of hydrogen-bond donors (Lipinski definition) is 2. The van der Waals surface area contributed by atoms with Gasteiger partial charge in [0.25, 0.3) is 0 Å². The minimum Gasteiger partial charge on any atom is -0.376 e. The molecule has 0 aromatic carbocycles. The molecular weight excluding hydrogens is 220 g/mol. The molecule has 1 atom stereocenters. The van der Waals surface area contributed by atoms with Crippen LogP contribution in [0.3, 0.4) is 0 Å². The summed E-state index contributed by atoms with van der Waals surface area (Å²) in [6, 6.07) is 0. The first-order valence-electron chi connectivity index (χ1n) is 4.95. The van der Waals surface area contributed by atoms with Gasteiger partial charge in [0.15, 0.2) is 0 Å². The third kappa shape index (κ3) is 5.43. The molecule has 0 aliphatic carbocycles. The molecule has 1 saturated heterocycles. The fourth-order valence-corrected chi connectivity index (χ4v) is 2.24. The van der Waals surface area contributed by atoms with Crippen molar-refractivity contribution in [3.8, 4) is 0 Å². The Morgan fingerprint density at radius 1 is 1.40 bits per heavy atom. The van der Waals surface area contributed by atoms with Gasteiger partial charge in [0, 0.05) is 13.1 Å². The van der Waals surface area contributed by atoms with Crippen LogP contribution < -0.4 is 10.0 Å². The van der Waals surface area contributed by atoms with Gasteiger partial charge < -0.3 is 14.8 Å². The van der Waals surface area contributed by atoms with Gasteiger partial charge in [0.1, 0.15) is 0 Å². The van der Waals surface area contributed by atoms with Crippen LogP contribution in [0.15, 0.2) is 0 Å². The van der Waals surface area contributed by atoms with Gasteiger partial charge in [-0.2, -0.15) is 0 Å². The Bertz CT molecular complexity index is 262. The van der Waals surface area contributed by atoms with Gasteiger partial charge >= 0.3 is 0 Å². The average molecular weight is 238 g/mol. The van der Waals surface area contributed by atoms with E-state index in [0.717, 1.165) is 0 Å². The largest absolute Gasteiger partial charge is 0.376 e. The molecule has 1 aliphatic rings. The first-order valence-corrected chi connectivity index (χ1v) is 6.60. The van der Waals surface area contributed by atoms with Crippen molar-refractivity contribution in [2.45, 2.75) is 6.10 Å². The topological polar surface area (TPSA) is 76.7 Å². The van der Waals surface area contributed by atoms with Crippen LogP contribution in [0.2, 0.25) is 0 Å². The lowest BCUT2D eigenvalue weighted by Crippen LogP contribution is -2.41. The number of rotatable bonds is 6. The van der Waals surface area contributed by atoms with Crippen molar-refractivity contribution in [2.24, 2.45) is 0 Å². The van der Waals surface area contributed by atoms with Crippen molar-refractivity contribution in [2.75, 3.05) is 45.7 Å². The van der Waals surface area contributed by atoms with Gasteiger partial charge in [-0.25, -0.2) is 13.1 Å². The van der Waals surface area contributed by atoms with Crippen molar-refractivity contribution < 1.29 is 17.9 Å². The summed E-state index contributed by atoms with van der Waals surface area (Å²) in [4.78, 5) is 0. The van der Waals surface area contributed by atoms with Crippen LogP contribution in [0, 0.1) is 0 Å². The minimum absolute atomic E-state index is 0.0804. The fourth-order valence-electron chi connectivity index (χ4n) is 1.18. The molecule has 15 heavy (non-hydrogen) atoms. The van der Waals surface area contributed by atoms with Gasteiger partial charge in [0.2, 0.25) is 10.0 Å². The molecule has 0 spiro atoms. The second kappa shape index (κ2) is 6.39. The second-order valence-electron chi connectivity index (χ2n) is 3.34. The van der Waals surface area contributed by atoms with Crippen LogP contribution in [0.4, 0.5) is 0 Å². The highest BCUT2D eigenvalue weighted by Gasteiger charge is 2.17. The molecule has 90 valence electrons. The lowest BCUT2D eigenvalue weighted by molar-refractivity contribution is -0.0846. The molecule has 1 heterocycles. The Labute approximate surface area is 90.4 Å². The van der Waals surface area contributed by atoms with E-state index in [1.165, 1.54) is 0 Å². The molecule has 1 aliphatic heterocycles. The predicted octanol–water partition coefficient (Wildman–Crippen LogP) is -1.46. The first-order chi connectivity index (χ1) is 7.14. The summed E-state index contributed by atoms with van der Waals surface area (Å²) < 4.78 is 35.7. The summed E-state index contributed by atoms with van der Waals surface area (Å²) in [7, 11) is -1.48. The van der Waals surface area contributed by atoms with E-state index in [4.69, 9.17) is 9.47 Å². The molecular formula is C8H18N2O4S. The van der Waals surface area contributed by atoms with Gasteiger partial charge in [-0.05, 0) is 7.05 Å². The number of hydrogen-bond acceptors (Lipinski definition) is 5. The van der Waals surface area contributed by atoms with Crippen molar-refractivity contribution in [1.82, 2.24) is 10.0 Å². The van der Waals surface area contributed by atoms with E-state index in [0.29, 0.717) is 26.4 Å². The molecule has 0 aromatic rings. The molecule has 2 N–H and O–H groups in total. The van der Waals surface area contributed by atoms with E-state index in [2.05, 4.69) is 10.0 Å². The smallest absolute Gasteiger partial charge is 0.212 e. The van der Waals surface area contributed by atoms with Crippen molar-refractivity contribution >= 4 is 10.0 Å². The first kappa shape index (κ1) is 12.9. The van der Waals surface area contributed by atoms with Crippen LogP contribution in [-0.4, -0.2) is 60.2 Å². The summed E-state index contributed by atoms with van der Waals surface area (Å²) in [6.07, 6.45) is -0.164. The number of nitrogens with one attached hydrogen (secondary N) is 2. The minimum atomic E-state index is -3.19. The average Bonchev–Trinajstić information content (AvgIpc) is 2.25. The van der Waals surface area contributed by atoms with E-state index < -0.39 is 10.0 Å². The lowest BCUT2D eigenvalue weighted by atomic mass is 10.3. The molecule has 0 bridgehead atoms. The van der Waals surface area contributed by atoms with Crippen molar-refractivity contribution in [3.63, 3.8) is 0 Å². The maximum Gasteiger partial charge on any atom is 0.212 e. The van der Waals surface area contributed by atoms with E-state index >= 15 is 0 Å². The molecule has 1 fully saturated rings. The third-order valence-corrected chi connectivity index (χ3v) is 3.38. The standard InChI is InChI=1S/C8H18N2O4S/c1-9-2-5-15(11,12)10-6-8-7-13-3-4-14-8/h8-10H,2-7H2,1H3. The highest BCUT2D eigenvalue weighted by molar-refractivity contribution is 7.89. The molecule has 0 radical (unpaired) electrons. The van der Waals surface area contributed by atoms with Gasteiger partial charge in [-0.3, -0.25) is 0 Å². The molecule has 0 saturated carbocycles. The van der Waals surface area contributed by atoms with Crippen LogP contribution >= 0.6 is 0 Å². The second-order valence-corrected chi connectivity index (χ2v) is 5.27. The molecule has 7 heteroatoms. The van der Waals surface area contributed by atoms with Crippen LogP contribution in [-0.2, 0) is 19.5 Å². The SMILES string of the molecule is CNCCS(=O)(=O)NCC1COCCO1. The summed E-state index contributed by atoms with van der Waals surface area (Å²) in [5, 5.41) is 2.79. The quantitative estimate of drug-likeness (QED) is 0.591. The van der Waals surface area contributed by atoms with Crippen molar-refractivity contribution in [3.05, 3.63) is 0 Å². The van der Waals surface area contributed by atoms with Gasteiger partial charge in [-0.15, -0.1) is 0 Å². The summed E-state index contributed by atoms with van der Waals surface area (Å²) in [5.74, 6) is 0.0804. The van der Waals surface area contributed by atoms with Crippen LogP contribution in [0.5, 0.6) is 0 Å². The molecule has 0 aromatic heterocycles. The summed E-state index contributed by atoms with van der Waals surface area (Å²) in [5.41, 5.74) is 0. The molecule has 1 unspecified atom stereocenters. The van der Waals surface area contributed by atoms with Crippen molar-refractivity contribution in [1.29, 1.82) is 0 Å². The van der Waals surface area contributed by atoms with E-state index in [-0.39, 0.29) is 18.4 Å². The van der Waals surface area contributed by atoms with Gasteiger partial charge in [-0.1, -0.05) is 0 Å². The number of ether oxygens (including phenoxy) is 2. The highest BCUT2D eigenvalue weighted by Crippen LogP contribution is 1.99. The van der Waals surface area contributed by atoms with E-state index in [9.17, 15) is 8.42 Å². The molecule has 0 amide bonds. The van der Waals surface area contributed by atoms with E-state index in [1.807, 2.05) is 0 Å². The molecule has 1 rings (SSSR count). The normalized spacial score (nSPS) is 22.9. The van der Waals surface area contributed by atoms with E-state index in [1.54, 1.807) is 7.05 Å². The Kier molecular flexibility index (Phi) is 5.48. The Balaban J connectivity index is 2.22. The van der Waals surface area contributed by atoms with Crippen LogP contribution in [0.1, 0.15) is 0 Å². The zero-order valence-electron chi connectivity index (χ0n) is 8.86. The Morgan fingerprint density at radius 3 is 2.80 bits per heavy atom. The maximum atomic E-state index is 11.4. The van der Waals surface area contributed by atoms with Gasteiger partial charge in [0.05, 0.1) is 31.7 Å². The monoisotopic (exact) mass is 238 g/mol. The zero-order chi connectivity index (χ0) is 11.1. The molecule has 6 nitrogen and oxygen atoms in total. The summed E-state index contributed by atoms with van der Waals surface area (Å²) in [6.45, 7) is 2.30. The predicted molar refractivity (Wildman–Crippen MR) is 56.3 cm³/mol. The summed E-state index contributed by atoms with van der Waals surface area (Å²) >= 11 is 0. The lowest BCUT2D eigenvalue weighted by Gasteiger charge is -2.22.